The number of likely N-dealkylation sites (tertiary alicyclic amines) is 1. The molecule has 41 heavy (non-hydrogen) atoms. The molecular weight excluding hydrogens is 586 g/mol. The van der Waals surface area contributed by atoms with Gasteiger partial charge >= 0.3 is 0 Å². The van der Waals surface area contributed by atoms with Crippen LogP contribution in [0.5, 0.6) is 5.75 Å². The van der Waals surface area contributed by atoms with Crippen molar-refractivity contribution in [1.82, 2.24) is 20.0 Å². The topological polar surface area (TPSA) is 106 Å². The molecule has 9 nitrogen and oxygen atoms in total. The molecule has 3 heterocycles. The Morgan fingerprint density at radius 3 is 2.73 bits per heavy atom. The number of benzene rings is 2. The van der Waals surface area contributed by atoms with E-state index >= 15 is 0 Å². The summed E-state index contributed by atoms with van der Waals surface area (Å²) in [6, 6.07) is 11.7. The highest BCUT2D eigenvalue weighted by Gasteiger charge is 2.46. The molecule has 0 bridgehead atoms. The molecule has 1 aromatic heterocycles. The van der Waals surface area contributed by atoms with Gasteiger partial charge < -0.3 is 10.1 Å². The summed E-state index contributed by atoms with van der Waals surface area (Å²) in [5.41, 5.74) is 3.75. The van der Waals surface area contributed by atoms with Crippen molar-refractivity contribution in [3.63, 3.8) is 0 Å². The number of aryl methyl sites for hydroxylation is 1. The zero-order valence-corrected chi connectivity index (χ0v) is 25.1. The van der Waals surface area contributed by atoms with Crippen LogP contribution in [0.4, 0.5) is 5.69 Å². The Bertz CT molecular complexity index is 1500. The van der Waals surface area contributed by atoms with Crippen molar-refractivity contribution in [3.8, 4) is 5.75 Å². The summed E-state index contributed by atoms with van der Waals surface area (Å²) in [5, 5.41) is 10.9. The van der Waals surface area contributed by atoms with E-state index in [2.05, 4.69) is 43.5 Å². The van der Waals surface area contributed by atoms with Crippen molar-refractivity contribution in [2.24, 2.45) is 18.4 Å². The van der Waals surface area contributed by atoms with Crippen LogP contribution in [-0.4, -0.2) is 58.6 Å². The Balaban J connectivity index is 0.982. The average molecular weight is 623 g/mol. The third kappa shape index (κ3) is 5.77. The van der Waals surface area contributed by atoms with E-state index < -0.39 is 5.92 Å². The molecule has 2 N–H and O–H groups in total. The second-order valence-electron chi connectivity index (χ2n) is 12.0. The van der Waals surface area contributed by atoms with Gasteiger partial charge in [0, 0.05) is 34.6 Å². The van der Waals surface area contributed by atoms with Crippen molar-refractivity contribution in [1.29, 1.82) is 0 Å². The summed E-state index contributed by atoms with van der Waals surface area (Å²) in [6.45, 7) is 5.07. The van der Waals surface area contributed by atoms with Gasteiger partial charge in [0.25, 0.3) is 0 Å². The van der Waals surface area contributed by atoms with E-state index in [9.17, 15) is 14.4 Å². The zero-order chi connectivity index (χ0) is 28.7. The molecule has 3 aliphatic rings. The number of hydrogen-bond donors (Lipinski definition) is 2. The van der Waals surface area contributed by atoms with Crippen LogP contribution >= 0.6 is 15.9 Å². The first-order valence-corrected chi connectivity index (χ1v) is 15.2. The molecule has 1 aliphatic carbocycles. The van der Waals surface area contributed by atoms with E-state index in [-0.39, 0.29) is 17.7 Å². The maximum atomic E-state index is 12.9. The molecule has 2 aromatic carbocycles. The number of carbonyl (C=O) groups excluding carboxylic acids is 3. The standard InChI is InChI=1S/C31H36BrN5O4/c1-19-24(32)4-3-5-26(19)41-18-20-15-31(16-20)10-12-37(13-11-31)17-28(39)33-21-6-7-22-25(14-21)36(2)35-29(22)23-8-9-27(38)34-30(23)40/h3-7,14,20,23H,8-13,15-18H2,1-2H3,(H,33,39)(H,34,38,40). The van der Waals surface area contributed by atoms with Gasteiger partial charge in [-0.05, 0) is 93.8 Å². The van der Waals surface area contributed by atoms with E-state index in [1.807, 2.05) is 43.4 Å². The number of imide groups is 1. The number of piperidine rings is 2. The Morgan fingerprint density at radius 1 is 1.20 bits per heavy atom. The lowest BCUT2D eigenvalue weighted by Crippen LogP contribution is -2.49. The number of nitrogens with one attached hydrogen (secondary N) is 2. The third-order valence-corrected chi connectivity index (χ3v) is 10.0. The molecule has 2 aliphatic heterocycles. The Morgan fingerprint density at radius 2 is 1.98 bits per heavy atom. The normalized spacial score (nSPS) is 21.1. The number of amides is 3. The minimum atomic E-state index is -0.451. The molecule has 216 valence electrons. The predicted octanol–water partition coefficient (Wildman–Crippen LogP) is 4.67. The molecule has 10 heteroatoms. The van der Waals surface area contributed by atoms with Crippen molar-refractivity contribution in [2.45, 2.75) is 51.4 Å². The molecule has 0 radical (unpaired) electrons. The van der Waals surface area contributed by atoms with E-state index in [0.717, 1.165) is 59.2 Å². The van der Waals surface area contributed by atoms with Crippen LogP contribution in [-0.2, 0) is 21.4 Å². The van der Waals surface area contributed by atoms with Gasteiger partial charge in [-0.1, -0.05) is 22.0 Å². The summed E-state index contributed by atoms with van der Waals surface area (Å²) in [5.74, 6) is 0.530. The van der Waals surface area contributed by atoms with Crippen LogP contribution in [0.3, 0.4) is 0 Å². The van der Waals surface area contributed by atoms with Crippen molar-refractivity contribution < 1.29 is 19.1 Å². The lowest BCUT2D eigenvalue weighted by atomic mass is 9.58. The highest BCUT2D eigenvalue weighted by molar-refractivity contribution is 9.10. The fourth-order valence-corrected chi connectivity index (χ4v) is 7.15. The van der Waals surface area contributed by atoms with Gasteiger partial charge in [0.15, 0.2) is 0 Å². The predicted molar refractivity (Wildman–Crippen MR) is 160 cm³/mol. The average Bonchev–Trinajstić information content (AvgIpc) is 3.24. The van der Waals surface area contributed by atoms with Crippen LogP contribution in [0.1, 0.15) is 55.7 Å². The summed E-state index contributed by atoms with van der Waals surface area (Å²) in [6.07, 6.45) is 5.40. The van der Waals surface area contributed by atoms with E-state index in [0.29, 0.717) is 42.1 Å². The number of nitrogens with zero attached hydrogens (tertiary/aromatic N) is 3. The number of aromatic nitrogens is 2. The largest absolute Gasteiger partial charge is 0.493 e. The quantitative estimate of drug-likeness (QED) is 0.371. The number of hydrogen-bond acceptors (Lipinski definition) is 6. The monoisotopic (exact) mass is 621 g/mol. The van der Waals surface area contributed by atoms with Crippen molar-refractivity contribution in [2.75, 3.05) is 31.6 Å². The maximum absolute atomic E-state index is 12.9. The highest BCUT2D eigenvalue weighted by Crippen LogP contribution is 2.52. The minimum Gasteiger partial charge on any atom is -0.493 e. The minimum absolute atomic E-state index is 0.0304. The summed E-state index contributed by atoms with van der Waals surface area (Å²) in [7, 11) is 1.83. The second-order valence-corrected chi connectivity index (χ2v) is 12.9. The molecule has 1 saturated carbocycles. The number of halogens is 1. The molecule has 3 amide bonds. The van der Waals surface area contributed by atoms with Crippen LogP contribution in [0, 0.1) is 18.3 Å². The van der Waals surface area contributed by atoms with Crippen LogP contribution in [0.15, 0.2) is 40.9 Å². The first-order chi connectivity index (χ1) is 19.7. The van der Waals surface area contributed by atoms with Crippen molar-refractivity contribution >= 4 is 50.2 Å². The molecule has 1 spiro atoms. The number of fused-ring (bicyclic) bond motifs is 1. The molecule has 1 atom stereocenters. The SMILES string of the molecule is Cc1c(Br)cccc1OCC1CC2(CCN(CC(=O)Nc3ccc4c(C5CCC(=O)NC5=O)nn(C)c4c3)CC2)C1. The lowest BCUT2D eigenvalue weighted by Gasteiger charge is -2.52. The molecule has 3 fully saturated rings. The van der Waals surface area contributed by atoms with Gasteiger partial charge in [-0.25, -0.2) is 0 Å². The third-order valence-electron chi connectivity index (χ3n) is 9.15. The van der Waals surface area contributed by atoms with Gasteiger partial charge in [0.05, 0.1) is 30.3 Å². The van der Waals surface area contributed by atoms with Crippen LogP contribution in [0.25, 0.3) is 10.9 Å². The van der Waals surface area contributed by atoms with E-state index in [4.69, 9.17) is 4.74 Å². The summed E-state index contributed by atoms with van der Waals surface area (Å²) >= 11 is 3.58. The van der Waals surface area contributed by atoms with Crippen LogP contribution in [0.2, 0.25) is 0 Å². The van der Waals surface area contributed by atoms with E-state index in [1.165, 1.54) is 12.8 Å². The maximum Gasteiger partial charge on any atom is 0.238 e. The Kier molecular flexibility index (Phi) is 7.63. The molecular formula is C31H36BrN5O4. The Hall–Kier alpha value is -3.24. The van der Waals surface area contributed by atoms with Gasteiger partial charge in [-0.3, -0.25) is 29.3 Å². The second kappa shape index (κ2) is 11.2. The fourth-order valence-electron chi connectivity index (χ4n) is 6.81. The highest BCUT2D eigenvalue weighted by atomic mass is 79.9. The molecule has 6 rings (SSSR count). The number of anilines is 1. The lowest BCUT2D eigenvalue weighted by molar-refractivity contribution is -0.134. The number of rotatable bonds is 7. The molecule has 2 saturated heterocycles. The van der Waals surface area contributed by atoms with Gasteiger partial charge in [-0.15, -0.1) is 0 Å². The van der Waals surface area contributed by atoms with Gasteiger partial charge in [0.2, 0.25) is 17.7 Å². The molecule has 1 unspecified atom stereocenters. The smallest absolute Gasteiger partial charge is 0.238 e. The first-order valence-electron chi connectivity index (χ1n) is 14.4. The van der Waals surface area contributed by atoms with Crippen molar-refractivity contribution in [3.05, 3.63) is 52.1 Å². The first kappa shape index (κ1) is 27.9. The fraction of sp³-hybridized carbons (Fsp3) is 0.484. The van der Waals surface area contributed by atoms with Gasteiger partial charge in [0.1, 0.15) is 5.75 Å². The van der Waals surface area contributed by atoms with Crippen LogP contribution < -0.4 is 15.4 Å². The molecule has 3 aromatic rings. The summed E-state index contributed by atoms with van der Waals surface area (Å²) < 4.78 is 8.94. The van der Waals surface area contributed by atoms with E-state index in [1.54, 1.807) is 4.68 Å². The van der Waals surface area contributed by atoms with Gasteiger partial charge in [-0.2, -0.15) is 5.10 Å². The zero-order valence-electron chi connectivity index (χ0n) is 23.5. The number of carbonyl (C=O) groups is 3. The Labute approximate surface area is 248 Å². The number of ether oxygens (including phenoxy) is 1. The summed E-state index contributed by atoms with van der Waals surface area (Å²) in [4.78, 5) is 39.1.